The molecule has 0 amide bonds. The van der Waals surface area contributed by atoms with Gasteiger partial charge in [0.05, 0.1) is 0 Å². The van der Waals surface area contributed by atoms with E-state index < -0.39 is 0 Å². The summed E-state index contributed by atoms with van der Waals surface area (Å²) < 4.78 is 0. The van der Waals surface area contributed by atoms with E-state index in [0.717, 1.165) is 33.0 Å². The zero-order valence-corrected chi connectivity index (χ0v) is 28.1. The highest BCUT2D eigenvalue weighted by Crippen LogP contribution is 2.49. The molecule has 0 aliphatic carbocycles. The molecule has 0 aliphatic rings. The van der Waals surface area contributed by atoms with Gasteiger partial charge in [-0.15, -0.1) is 0 Å². The van der Waals surface area contributed by atoms with Gasteiger partial charge < -0.3 is 0 Å². The van der Waals surface area contributed by atoms with Crippen molar-refractivity contribution in [2.24, 2.45) is 9.98 Å². The summed E-state index contributed by atoms with van der Waals surface area (Å²) in [6.45, 7) is 3.77. The van der Waals surface area contributed by atoms with Gasteiger partial charge in [-0.05, 0) is 95.0 Å². The van der Waals surface area contributed by atoms with Crippen LogP contribution in [0.15, 0.2) is 168 Å². The minimum Gasteiger partial charge on any atom is -0.296 e. The van der Waals surface area contributed by atoms with Gasteiger partial charge in [-0.25, -0.2) is 0 Å². The molecule has 0 fully saturated rings. The van der Waals surface area contributed by atoms with Crippen molar-refractivity contribution < 1.29 is 0 Å². The summed E-state index contributed by atoms with van der Waals surface area (Å²) in [4.78, 5) is 17.7. The highest BCUT2D eigenvalue weighted by atomic mass is 14.7. The number of fused-ring (bicyclic) bond motifs is 6. The molecule has 0 radical (unpaired) electrons. The maximum atomic E-state index is 4.58. The first-order valence-electron chi connectivity index (χ1n) is 17.0. The fourth-order valence-electron chi connectivity index (χ4n) is 8.01. The lowest BCUT2D eigenvalue weighted by atomic mass is 9.82. The smallest absolute Gasteiger partial charge is 0.0354 e. The van der Waals surface area contributed by atoms with E-state index >= 15 is 0 Å². The summed E-state index contributed by atoms with van der Waals surface area (Å²) in [5.41, 5.74) is 8.94. The number of nitrogens with zero attached hydrogens (tertiary/aromatic N) is 4. The van der Waals surface area contributed by atoms with E-state index in [2.05, 4.69) is 142 Å². The first-order valence-corrected chi connectivity index (χ1v) is 17.0. The molecular weight excluding hydrogens is 621 g/mol. The molecule has 0 N–H and O–H groups in total. The molecule has 0 unspecified atom stereocenters. The van der Waals surface area contributed by atoms with E-state index in [4.69, 9.17) is 0 Å². The lowest BCUT2D eigenvalue weighted by Crippen LogP contribution is -1.96. The van der Waals surface area contributed by atoms with Gasteiger partial charge in [-0.3, -0.25) is 20.0 Å². The van der Waals surface area contributed by atoms with Gasteiger partial charge in [0.1, 0.15) is 0 Å². The van der Waals surface area contributed by atoms with E-state index in [1.165, 1.54) is 65.3 Å². The van der Waals surface area contributed by atoms with Crippen LogP contribution >= 0.6 is 0 Å². The number of hydrogen-bond donors (Lipinski definition) is 0. The standard InChI is InChI=1S/C47H32N4/c1-48-26-32(27-49-2)44-37-15-4-7-18-40(37)46(41-19-8-5-16-38(41)44)34-20-9-21-35-33(34)22-23-42-43(30-12-10-24-50-28-30)36-14-3-6-17-39(36)45(47(35)42)31-13-11-25-51-29-31/h3-29H,1H2,2H3/b32-26+,49-27-. The van der Waals surface area contributed by atoms with E-state index in [9.17, 15) is 0 Å². The molecule has 0 spiro atoms. The van der Waals surface area contributed by atoms with Gasteiger partial charge in [-0.1, -0.05) is 115 Å². The predicted molar refractivity (Wildman–Crippen MR) is 218 cm³/mol. The number of aromatic nitrogens is 2. The molecule has 7 aromatic carbocycles. The van der Waals surface area contributed by atoms with Crippen molar-refractivity contribution in [3.63, 3.8) is 0 Å². The Hall–Kier alpha value is -6.78. The summed E-state index contributed by atoms with van der Waals surface area (Å²) in [5.74, 6) is 0. The summed E-state index contributed by atoms with van der Waals surface area (Å²) in [6.07, 6.45) is 11.3. The van der Waals surface area contributed by atoms with Crippen molar-refractivity contribution in [1.29, 1.82) is 0 Å². The fourth-order valence-corrected chi connectivity index (χ4v) is 8.01. The zero-order chi connectivity index (χ0) is 34.3. The van der Waals surface area contributed by atoms with Crippen LogP contribution < -0.4 is 0 Å². The third-order valence-electron chi connectivity index (χ3n) is 9.94. The van der Waals surface area contributed by atoms with Crippen LogP contribution in [0.4, 0.5) is 0 Å². The molecule has 0 saturated carbocycles. The second-order valence-corrected chi connectivity index (χ2v) is 12.7. The van der Waals surface area contributed by atoms with Crippen LogP contribution in [0.3, 0.4) is 0 Å². The van der Waals surface area contributed by atoms with Crippen LogP contribution in [0, 0.1) is 0 Å². The topological polar surface area (TPSA) is 50.5 Å². The Labute approximate surface area is 295 Å². The lowest BCUT2D eigenvalue weighted by molar-refractivity contribution is 1.33. The number of benzene rings is 7. The van der Waals surface area contributed by atoms with E-state index in [1.54, 1.807) is 13.2 Å². The van der Waals surface area contributed by atoms with Gasteiger partial charge in [0.15, 0.2) is 0 Å². The van der Waals surface area contributed by atoms with E-state index in [-0.39, 0.29) is 0 Å². The average molecular weight is 653 g/mol. The average Bonchev–Trinajstić information content (AvgIpc) is 3.19. The van der Waals surface area contributed by atoms with Crippen LogP contribution in [0.2, 0.25) is 0 Å². The molecule has 4 nitrogen and oxygen atoms in total. The Morgan fingerprint density at radius 2 is 1.04 bits per heavy atom. The minimum absolute atomic E-state index is 0.922. The molecule has 4 heteroatoms. The molecule has 2 heterocycles. The van der Waals surface area contributed by atoms with Gasteiger partial charge >= 0.3 is 0 Å². The predicted octanol–water partition coefficient (Wildman–Crippen LogP) is 12.0. The first kappa shape index (κ1) is 30.3. The number of rotatable bonds is 6. The summed E-state index contributed by atoms with van der Waals surface area (Å²) in [6, 6.07) is 45.8. The molecule has 0 atom stereocenters. The van der Waals surface area contributed by atoms with Crippen molar-refractivity contribution in [1.82, 2.24) is 9.97 Å². The highest BCUT2D eigenvalue weighted by molar-refractivity contribution is 6.31. The van der Waals surface area contributed by atoms with Crippen molar-refractivity contribution in [2.75, 3.05) is 7.05 Å². The first-order chi connectivity index (χ1) is 25.3. The molecule has 9 aromatic rings. The van der Waals surface area contributed by atoms with Crippen LogP contribution in [-0.2, 0) is 0 Å². The van der Waals surface area contributed by atoms with Gasteiger partial charge in [0, 0.05) is 66.5 Å². The quantitative estimate of drug-likeness (QED) is 0.102. The van der Waals surface area contributed by atoms with Crippen LogP contribution in [0.5, 0.6) is 0 Å². The van der Waals surface area contributed by atoms with Crippen molar-refractivity contribution >= 4 is 72.4 Å². The Balaban J connectivity index is 1.47. The largest absolute Gasteiger partial charge is 0.296 e. The fraction of sp³-hybridized carbons (Fsp3) is 0.0213. The Bertz CT molecular complexity index is 2810. The van der Waals surface area contributed by atoms with Crippen molar-refractivity contribution in [2.45, 2.75) is 0 Å². The van der Waals surface area contributed by atoms with Gasteiger partial charge in [0.2, 0.25) is 0 Å². The number of pyridine rings is 2. The van der Waals surface area contributed by atoms with Gasteiger partial charge in [0.25, 0.3) is 0 Å². The molecule has 9 rings (SSSR count). The van der Waals surface area contributed by atoms with Crippen LogP contribution in [0.25, 0.3) is 92.8 Å². The Morgan fingerprint density at radius 3 is 1.61 bits per heavy atom. The maximum absolute atomic E-state index is 4.58. The van der Waals surface area contributed by atoms with Crippen molar-refractivity contribution in [3.05, 3.63) is 164 Å². The molecular formula is C47H32N4. The number of aliphatic imine (C=N–C) groups is 2. The van der Waals surface area contributed by atoms with E-state index in [1.807, 2.05) is 43.1 Å². The van der Waals surface area contributed by atoms with Crippen molar-refractivity contribution in [3.8, 4) is 33.4 Å². The summed E-state index contributed by atoms with van der Waals surface area (Å²) >= 11 is 0. The molecule has 240 valence electrons. The third kappa shape index (κ3) is 4.84. The zero-order valence-electron chi connectivity index (χ0n) is 28.1. The third-order valence-corrected chi connectivity index (χ3v) is 9.94. The summed E-state index contributed by atoms with van der Waals surface area (Å²) in [7, 11) is 1.79. The molecule has 0 aliphatic heterocycles. The molecule has 0 saturated heterocycles. The maximum Gasteiger partial charge on any atom is 0.0354 e. The minimum atomic E-state index is 0.922. The SMILES string of the molecule is C=N/C=C(\C=N/C)c1c2ccccc2c(-c2cccc3c2ccc2c(-c4cccnc4)c4ccccc4c(-c4cccnc4)c23)c2ccccc12. The summed E-state index contributed by atoms with van der Waals surface area (Å²) in [5, 5.41) is 11.7. The van der Waals surface area contributed by atoms with Crippen LogP contribution in [0.1, 0.15) is 5.56 Å². The van der Waals surface area contributed by atoms with Crippen LogP contribution in [-0.4, -0.2) is 29.9 Å². The lowest BCUT2D eigenvalue weighted by Gasteiger charge is -2.21. The molecule has 0 bridgehead atoms. The monoisotopic (exact) mass is 652 g/mol. The molecule has 2 aromatic heterocycles. The second-order valence-electron chi connectivity index (χ2n) is 12.7. The Morgan fingerprint density at radius 1 is 0.510 bits per heavy atom. The molecule has 51 heavy (non-hydrogen) atoms. The normalized spacial score (nSPS) is 12.1. The van der Waals surface area contributed by atoms with E-state index in [0.29, 0.717) is 0 Å². The number of allylic oxidation sites excluding steroid dienone is 1. The highest BCUT2D eigenvalue weighted by Gasteiger charge is 2.22. The Kier molecular flexibility index (Phi) is 7.48. The number of hydrogen-bond acceptors (Lipinski definition) is 4. The van der Waals surface area contributed by atoms with Gasteiger partial charge in [-0.2, -0.15) is 0 Å². The second kappa shape index (κ2) is 12.6.